The van der Waals surface area contributed by atoms with Crippen LogP contribution >= 0.6 is 0 Å². The molecule has 0 heterocycles. The van der Waals surface area contributed by atoms with Crippen LogP contribution in [0.5, 0.6) is 0 Å². The van der Waals surface area contributed by atoms with E-state index in [1.165, 1.54) is 109 Å². The zero-order valence-corrected chi connectivity index (χ0v) is 34.7. The highest BCUT2D eigenvalue weighted by Crippen LogP contribution is 2.17. The first-order valence-corrected chi connectivity index (χ1v) is 22.6. The van der Waals surface area contributed by atoms with Gasteiger partial charge in [0.05, 0.1) is 25.2 Å². The molecule has 6 nitrogen and oxygen atoms in total. The molecular formula is C46H87NO5. The number of hydrogen-bond acceptors (Lipinski definition) is 5. The van der Waals surface area contributed by atoms with Gasteiger partial charge in [0.15, 0.2) is 0 Å². The number of aliphatic hydroxyl groups is 2. The molecule has 0 aliphatic rings. The number of amides is 1. The van der Waals surface area contributed by atoms with Crippen molar-refractivity contribution in [1.82, 2.24) is 5.32 Å². The molecule has 0 rings (SSSR count). The lowest BCUT2D eigenvalue weighted by atomic mass is 10.0. The monoisotopic (exact) mass is 734 g/mol. The van der Waals surface area contributed by atoms with Gasteiger partial charge in [-0.25, -0.2) is 0 Å². The van der Waals surface area contributed by atoms with Crippen LogP contribution in [0, 0.1) is 0 Å². The number of rotatable bonds is 40. The maximum absolute atomic E-state index is 13.1. The second-order valence-electron chi connectivity index (χ2n) is 15.5. The molecule has 0 aromatic carbocycles. The molecule has 0 radical (unpaired) electrons. The Labute approximate surface area is 322 Å². The smallest absolute Gasteiger partial charge is 0.306 e. The minimum absolute atomic E-state index is 0.0680. The number of nitrogens with one attached hydrogen (secondary N) is 1. The first-order chi connectivity index (χ1) is 25.5. The number of allylic oxidation sites excluding steroid dienone is 4. The Balaban J connectivity index is 4.63. The highest BCUT2D eigenvalue weighted by atomic mass is 16.5. The summed E-state index contributed by atoms with van der Waals surface area (Å²) in [5.74, 6) is -0.490. The summed E-state index contributed by atoms with van der Waals surface area (Å²) in [5.41, 5.74) is 0. The van der Waals surface area contributed by atoms with E-state index >= 15 is 0 Å². The van der Waals surface area contributed by atoms with E-state index in [2.05, 4.69) is 50.4 Å². The molecule has 3 unspecified atom stereocenters. The molecule has 0 spiro atoms. The van der Waals surface area contributed by atoms with Crippen molar-refractivity contribution in [1.29, 1.82) is 0 Å². The number of unbranched alkanes of at least 4 members (excludes halogenated alkanes) is 25. The van der Waals surface area contributed by atoms with Gasteiger partial charge in [0.25, 0.3) is 0 Å². The first kappa shape index (κ1) is 50.3. The van der Waals surface area contributed by atoms with Gasteiger partial charge >= 0.3 is 5.97 Å². The Kier molecular flexibility index (Phi) is 39.2. The second-order valence-corrected chi connectivity index (χ2v) is 15.5. The molecule has 0 aromatic rings. The molecule has 306 valence electrons. The SMILES string of the molecule is CCCCC/C=C/C=C/CCCCCCC(CC(=O)NC(CO)C(O)CCCCCCCCCCC)OC(=O)CCCCCCCCCCCCC. The van der Waals surface area contributed by atoms with E-state index in [4.69, 9.17) is 4.74 Å². The molecule has 6 heteroatoms. The minimum Gasteiger partial charge on any atom is -0.462 e. The van der Waals surface area contributed by atoms with Crippen molar-refractivity contribution in [2.75, 3.05) is 6.61 Å². The lowest BCUT2D eigenvalue weighted by Crippen LogP contribution is -2.46. The van der Waals surface area contributed by atoms with Gasteiger partial charge in [-0.2, -0.15) is 0 Å². The van der Waals surface area contributed by atoms with Crippen LogP contribution in [0.25, 0.3) is 0 Å². The Morgan fingerprint density at radius 2 is 0.962 bits per heavy atom. The van der Waals surface area contributed by atoms with Crippen LogP contribution in [0.2, 0.25) is 0 Å². The van der Waals surface area contributed by atoms with Crippen molar-refractivity contribution < 1.29 is 24.5 Å². The van der Waals surface area contributed by atoms with Gasteiger partial charge < -0.3 is 20.3 Å². The summed E-state index contributed by atoms with van der Waals surface area (Å²) in [5, 5.41) is 23.6. The second kappa shape index (κ2) is 40.5. The van der Waals surface area contributed by atoms with Gasteiger partial charge in [-0.1, -0.05) is 193 Å². The zero-order valence-electron chi connectivity index (χ0n) is 34.7. The number of carbonyl (C=O) groups is 2. The van der Waals surface area contributed by atoms with Crippen molar-refractivity contribution in [3.63, 3.8) is 0 Å². The minimum atomic E-state index is -0.786. The number of carbonyl (C=O) groups excluding carboxylic acids is 2. The molecule has 0 saturated heterocycles. The fourth-order valence-corrected chi connectivity index (χ4v) is 6.83. The normalized spacial score (nSPS) is 13.6. The molecule has 0 saturated carbocycles. The summed E-state index contributed by atoms with van der Waals surface area (Å²) < 4.78 is 5.89. The Bertz CT molecular complexity index is 828. The van der Waals surface area contributed by atoms with Crippen molar-refractivity contribution in [2.45, 2.75) is 251 Å². The van der Waals surface area contributed by atoms with Gasteiger partial charge in [-0.15, -0.1) is 0 Å². The molecule has 0 fully saturated rings. The number of hydrogen-bond donors (Lipinski definition) is 3. The maximum Gasteiger partial charge on any atom is 0.306 e. The standard InChI is InChI=1S/C46H87NO5/c1-4-7-10-13-16-19-21-22-24-26-28-31-34-37-42(52-46(51)39-36-33-30-27-23-20-17-14-11-8-5-2)40-45(50)47-43(41-48)44(49)38-35-32-29-25-18-15-12-9-6-3/h16,19,21-22,42-44,48-49H,4-15,17-18,20,23-41H2,1-3H3,(H,47,50)/b19-16+,22-21+. The molecule has 0 aromatic heterocycles. The first-order valence-electron chi connectivity index (χ1n) is 22.6. The van der Waals surface area contributed by atoms with Gasteiger partial charge in [0, 0.05) is 6.42 Å². The molecule has 3 N–H and O–H groups in total. The van der Waals surface area contributed by atoms with Crippen LogP contribution in [0.1, 0.15) is 233 Å². The summed E-state index contributed by atoms with van der Waals surface area (Å²) in [6.07, 6.45) is 43.8. The van der Waals surface area contributed by atoms with E-state index in [1.807, 2.05) is 0 Å². The zero-order chi connectivity index (χ0) is 38.2. The third-order valence-corrected chi connectivity index (χ3v) is 10.3. The third-order valence-electron chi connectivity index (χ3n) is 10.3. The number of ether oxygens (including phenoxy) is 1. The summed E-state index contributed by atoms with van der Waals surface area (Å²) in [6, 6.07) is -0.700. The highest BCUT2D eigenvalue weighted by Gasteiger charge is 2.24. The lowest BCUT2D eigenvalue weighted by Gasteiger charge is -2.24. The van der Waals surface area contributed by atoms with E-state index in [0.717, 1.165) is 77.0 Å². The van der Waals surface area contributed by atoms with Crippen molar-refractivity contribution in [2.24, 2.45) is 0 Å². The van der Waals surface area contributed by atoms with E-state index in [0.29, 0.717) is 19.3 Å². The predicted octanol–water partition coefficient (Wildman–Crippen LogP) is 12.8. The van der Waals surface area contributed by atoms with E-state index < -0.39 is 18.2 Å². The van der Waals surface area contributed by atoms with Crippen LogP contribution in [0.3, 0.4) is 0 Å². The van der Waals surface area contributed by atoms with Crippen molar-refractivity contribution in [3.8, 4) is 0 Å². The Hall–Kier alpha value is -1.66. The quantitative estimate of drug-likeness (QED) is 0.0331. The van der Waals surface area contributed by atoms with Gasteiger partial charge in [-0.05, 0) is 51.4 Å². The van der Waals surface area contributed by atoms with Crippen LogP contribution in [0.15, 0.2) is 24.3 Å². The predicted molar refractivity (Wildman–Crippen MR) is 223 cm³/mol. The van der Waals surface area contributed by atoms with Crippen LogP contribution in [0.4, 0.5) is 0 Å². The molecule has 0 bridgehead atoms. The van der Waals surface area contributed by atoms with Crippen LogP contribution in [-0.2, 0) is 14.3 Å². The fraction of sp³-hybridized carbons (Fsp3) is 0.870. The summed E-state index contributed by atoms with van der Waals surface area (Å²) >= 11 is 0. The van der Waals surface area contributed by atoms with E-state index in [9.17, 15) is 19.8 Å². The van der Waals surface area contributed by atoms with Crippen molar-refractivity contribution in [3.05, 3.63) is 24.3 Å². The molecule has 0 aliphatic heterocycles. The molecular weight excluding hydrogens is 647 g/mol. The van der Waals surface area contributed by atoms with Crippen molar-refractivity contribution >= 4 is 11.9 Å². The van der Waals surface area contributed by atoms with Gasteiger partial charge in [0.1, 0.15) is 6.10 Å². The summed E-state index contributed by atoms with van der Waals surface area (Å²) in [4.78, 5) is 25.9. The van der Waals surface area contributed by atoms with Gasteiger partial charge in [-0.3, -0.25) is 9.59 Å². The number of esters is 1. The molecule has 3 atom stereocenters. The van der Waals surface area contributed by atoms with E-state index in [-0.39, 0.29) is 24.9 Å². The average Bonchev–Trinajstić information content (AvgIpc) is 3.13. The Morgan fingerprint density at radius 3 is 1.46 bits per heavy atom. The highest BCUT2D eigenvalue weighted by molar-refractivity contribution is 5.77. The largest absolute Gasteiger partial charge is 0.462 e. The van der Waals surface area contributed by atoms with Crippen LogP contribution < -0.4 is 5.32 Å². The van der Waals surface area contributed by atoms with Crippen LogP contribution in [-0.4, -0.2) is 46.9 Å². The molecule has 1 amide bonds. The molecule has 52 heavy (non-hydrogen) atoms. The van der Waals surface area contributed by atoms with E-state index in [1.54, 1.807) is 0 Å². The molecule has 0 aliphatic carbocycles. The van der Waals surface area contributed by atoms with Gasteiger partial charge in [0.2, 0.25) is 5.91 Å². The fourth-order valence-electron chi connectivity index (χ4n) is 6.83. The summed E-state index contributed by atoms with van der Waals surface area (Å²) in [6.45, 7) is 6.41. The number of aliphatic hydroxyl groups excluding tert-OH is 2. The summed E-state index contributed by atoms with van der Waals surface area (Å²) in [7, 11) is 0. The topological polar surface area (TPSA) is 95.9 Å². The Morgan fingerprint density at radius 1 is 0.558 bits per heavy atom. The maximum atomic E-state index is 13.1. The third kappa shape index (κ3) is 35.4. The average molecular weight is 734 g/mol. The lowest BCUT2D eigenvalue weighted by molar-refractivity contribution is -0.151.